The zero-order valence-electron chi connectivity index (χ0n) is 8.75. The summed E-state index contributed by atoms with van der Waals surface area (Å²) in [5.74, 6) is 0.444. The van der Waals surface area contributed by atoms with E-state index in [-0.39, 0.29) is 11.9 Å². The van der Waals surface area contributed by atoms with Gasteiger partial charge in [-0.05, 0) is 42.7 Å². The Morgan fingerprint density at radius 2 is 2.19 bits per heavy atom. The predicted octanol–water partition coefficient (Wildman–Crippen LogP) is 3.28. The molecule has 2 N–H and O–H groups in total. The van der Waals surface area contributed by atoms with E-state index in [2.05, 4.69) is 15.9 Å². The summed E-state index contributed by atoms with van der Waals surface area (Å²) in [4.78, 5) is 0. The first kappa shape index (κ1) is 11.6. The normalized spacial score (nSPS) is 17.6. The number of hydrogen-bond donors (Lipinski definition) is 1. The Kier molecular flexibility index (Phi) is 3.61. The van der Waals surface area contributed by atoms with Gasteiger partial charge >= 0.3 is 0 Å². The van der Waals surface area contributed by atoms with Crippen LogP contribution < -0.4 is 5.73 Å². The van der Waals surface area contributed by atoms with Crippen LogP contribution in [0.15, 0.2) is 34.5 Å². The molecule has 86 valence electrons. The third kappa shape index (κ3) is 2.62. The van der Waals surface area contributed by atoms with E-state index >= 15 is 0 Å². The molecule has 4 heteroatoms. The molecule has 1 aliphatic heterocycles. The molecule has 1 heterocycles. The Hall–Kier alpha value is -0.870. The summed E-state index contributed by atoms with van der Waals surface area (Å²) in [6.07, 6.45) is 3.97. The van der Waals surface area contributed by atoms with Crippen molar-refractivity contribution in [2.75, 3.05) is 6.61 Å². The Labute approximate surface area is 102 Å². The van der Waals surface area contributed by atoms with E-state index in [1.165, 1.54) is 12.1 Å². The maximum Gasteiger partial charge on any atom is 0.124 e. The van der Waals surface area contributed by atoms with Crippen LogP contribution in [0.25, 0.3) is 0 Å². The van der Waals surface area contributed by atoms with E-state index in [0.29, 0.717) is 11.1 Å². The fourth-order valence-electron chi connectivity index (χ4n) is 1.71. The molecule has 1 aromatic carbocycles. The molecular formula is C12H13BrFNO. The third-order valence-electron chi connectivity index (χ3n) is 2.51. The quantitative estimate of drug-likeness (QED) is 0.905. The lowest BCUT2D eigenvalue weighted by Gasteiger charge is -2.21. The number of allylic oxidation sites excluding steroid dienone is 1. The van der Waals surface area contributed by atoms with Gasteiger partial charge in [0.15, 0.2) is 0 Å². The maximum atomic E-state index is 13.2. The van der Waals surface area contributed by atoms with E-state index in [1.807, 2.05) is 12.1 Å². The average Bonchev–Trinajstić information content (AvgIpc) is 2.28. The first-order chi connectivity index (χ1) is 7.66. The van der Waals surface area contributed by atoms with Gasteiger partial charge in [0, 0.05) is 4.47 Å². The Morgan fingerprint density at radius 1 is 1.38 bits per heavy atom. The Balaban J connectivity index is 2.25. The second kappa shape index (κ2) is 4.97. The molecule has 1 unspecified atom stereocenters. The van der Waals surface area contributed by atoms with Crippen molar-refractivity contribution in [3.8, 4) is 0 Å². The predicted molar refractivity (Wildman–Crippen MR) is 64.3 cm³/mol. The van der Waals surface area contributed by atoms with Crippen LogP contribution in [0, 0.1) is 5.82 Å². The van der Waals surface area contributed by atoms with Crippen molar-refractivity contribution in [1.29, 1.82) is 0 Å². The smallest absolute Gasteiger partial charge is 0.124 e. The van der Waals surface area contributed by atoms with E-state index in [0.717, 1.165) is 24.2 Å². The molecule has 1 aromatic rings. The van der Waals surface area contributed by atoms with Crippen molar-refractivity contribution in [2.24, 2.45) is 5.73 Å². The van der Waals surface area contributed by atoms with Gasteiger partial charge in [-0.3, -0.25) is 0 Å². The number of ether oxygens (including phenoxy) is 1. The number of nitrogens with two attached hydrogens (primary N) is 1. The highest BCUT2D eigenvalue weighted by atomic mass is 79.9. The highest BCUT2D eigenvalue weighted by Gasteiger charge is 2.16. The van der Waals surface area contributed by atoms with Gasteiger partial charge in [-0.25, -0.2) is 4.39 Å². The monoisotopic (exact) mass is 285 g/mol. The molecule has 2 nitrogen and oxygen atoms in total. The molecule has 0 saturated carbocycles. The minimum Gasteiger partial charge on any atom is -0.496 e. The summed E-state index contributed by atoms with van der Waals surface area (Å²) in [6, 6.07) is 4.28. The molecule has 0 bridgehead atoms. The lowest BCUT2D eigenvalue weighted by molar-refractivity contribution is 0.176. The molecule has 1 aliphatic rings. The summed E-state index contributed by atoms with van der Waals surface area (Å²) in [6.45, 7) is 0.690. The minimum absolute atomic E-state index is 0.295. The number of hydrogen-bond acceptors (Lipinski definition) is 2. The molecule has 0 radical (unpaired) electrons. The number of rotatable bonds is 2. The zero-order valence-corrected chi connectivity index (χ0v) is 10.3. The highest BCUT2D eigenvalue weighted by Crippen LogP contribution is 2.26. The van der Waals surface area contributed by atoms with Crippen LogP contribution in [-0.4, -0.2) is 6.61 Å². The summed E-state index contributed by atoms with van der Waals surface area (Å²) in [5.41, 5.74) is 6.75. The van der Waals surface area contributed by atoms with Gasteiger partial charge in [-0.1, -0.05) is 15.9 Å². The molecular weight excluding hydrogens is 273 g/mol. The van der Waals surface area contributed by atoms with Crippen molar-refractivity contribution >= 4 is 15.9 Å². The van der Waals surface area contributed by atoms with Gasteiger partial charge < -0.3 is 10.5 Å². The van der Waals surface area contributed by atoms with Crippen LogP contribution in [-0.2, 0) is 4.74 Å². The molecule has 0 aromatic heterocycles. The summed E-state index contributed by atoms with van der Waals surface area (Å²) < 4.78 is 19.4. The molecule has 0 aliphatic carbocycles. The van der Waals surface area contributed by atoms with Crippen molar-refractivity contribution in [1.82, 2.24) is 0 Å². The maximum absolute atomic E-state index is 13.2. The van der Waals surface area contributed by atoms with Crippen LogP contribution in [0.1, 0.15) is 24.4 Å². The van der Waals surface area contributed by atoms with Crippen molar-refractivity contribution < 1.29 is 9.13 Å². The highest BCUT2D eigenvalue weighted by molar-refractivity contribution is 9.10. The van der Waals surface area contributed by atoms with E-state index < -0.39 is 0 Å². The lowest BCUT2D eigenvalue weighted by Crippen LogP contribution is -2.18. The van der Waals surface area contributed by atoms with Gasteiger partial charge in [0.2, 0.25) is 0 Å². The fourth-order valence-corrected chi connectivity index (χ4v) is 2.20. The van der Waals surface area contributed by atoms with Gasteiger partial charge in [0.1, 0.15) is 11.6 Å². The standard InChI is InChI=1S/C12H13BrFNO/c13-9-5-8(6-10(14)7-9)12(15)11-3-1-2-4-16-11/h3,5-7,12H,1-2,4,15H2. The molecule has 0 fully saturated rings. The van der Waals surface area contributed by atoms with E-state index in [9.17, 15) is 4.39 Å². The fraction of sp³-hybridized carbons (Fsp3) is 0.333. The first-order valence-electron chi connectivity index (χ1n) is 5.21. The van der Waals surface area contributed by atoms with Crippen LogP contribution in [0.5, 0.6) is 0 Å². The molecule has 0 amide bonds. The van der Waals surface area contributed by atoms with Gasteiger partial charge in [0.25, 0.3) is 0 Å². The minimum atomic E-state index is -0.382. The van der Waals surface area contributed by atoms with Crippen LogP contribution >= 0.6 is 15.9 Å². The molecule has 16 heavy (non-hydrogen) atoms. The van der Waals surface area contributed by atoms with Crippen molar-refractivity contribution in [2.45, 2.75) is 18.9 Å². The summed E-state index contributed by atoms with van der Waals surface area (Å²) in [7, 11) is 0. The topological polar surface area (TPSA) is 35.2 Å². The Morgan fingerprint density at radius 3 is 2.81 bits per heavy atom. The van der Waals surface area contributed by atoms with Gasteiger partial charge in [-0.15, -0.1) is 0 Å². The largest absolute Gasteiger partial charge is 0.496 e. The second-order valence-electron chi connectivity index (χ2n) is 3.78. The molecule has 0 spiro atoms. The van der Waals surface area contributed by atoms with E-state index in [1.54, 1.807) is 0 Å². The number of benzene rings is 1. The van der Waals surface area contributed by atoms with Crippen molar-refractivity contribution in [3.05, 3.63) is 45.9 Å². The molecule has 2 rings (SSSR count). The second-order valence-corrected chi connectivity index (χ2v) is 4.69. The summed E-state index contributed by atoms with van der Waals surface area (Å²) in [5, 5.41) is 0. The lowest BCUT2D eigenvalue weighted by atomic mass is 10.0. The average molecular weight is 286 g/mol. The first-order valence-corrected chi connectivity index (χ1v) is 6.00. The number of halogens is 2. The van der Waals surface area contributed by atoms with E-state index in [4.69, 9.17) is 10.5 Å². The van der Waals surface area contributed by atoms with Crippen LogP contribution in [0.2, 0.25) is 0 Å². The third-order valence-corrected chi connectivity index (χ3v) is 2.97. The SMILES string of the molecule is NC(C1=CCCCO1)c1cc(F)cc(Br)c1. The Bertz CT molecular complexity index is 399. The molecule has 1 atom stereocenters. The van der Waals surface area contributed by atoms with Crippen molar-refractivity contribution in [3.63, 3.8) is 0 Å². The van der Waals surface area contributed by atoms with Gasteiger partial charge in [-0.2, -0.15) is 0 Å². The van der Waals surface area contributed by atoms with Gasteiger partial charge in [0.05, 0.1) is 12.6 Å². The molecule has 0 saturated heterocycles. The van der Waals surface area contributed by atoms with Crippen LogP contribution in [0.3, 0.4) is 0 Å². The summed E-state index contributed by atoms with van der Waals surface area (Å²) >= 11 is 3.25. The van der Waals surface area contributed by atoms with Crippen LogP contribution in [0.4, 0.5) is 4.39 Å². The zero-order chi connectivity index (χ0) is 11.5.